The van der Waals surface area contributed by atoms with Crippen molar-refractivity contribution >= 4 is 0 Å². The molecule has 16 heavy (non-hydrogen) atoms. The van der Waals surface area contributed by atoms with Crippen LogP contribution >= 0.6 is 0 Å². The second-order valence-corrected chi connectivity index (χ2v) is 3.66. The molecule has 0 aromatic heterocycles. The molecule has 0 aliphatic heterocycles. The fourth-order valence-corrected chi connectivity index (χ4v) is 1.70. The molecule has 0 amide bonds. The van der Waals surface area contributed by atoms with E-state index in [0.29, 0.717) is 0 Å². The van der Waals surface area contributed by atoms with Crippen LogP contribution in [0.4, 0.5) is 0 Å². The first kappa shape index (κ1) is 10.9. The van der Waals surface area contributed by atoms with Gasteiger partial charge in [-0.2, -0.15) is 0 Å². The van der Waals surface area contributed by atoms with Gasteiger partial charge >= 0.3 is 0 Å². The molecule has 2 aromatic rings. The number of hydrogen-bond acceptors (Lipinski definition) is 1. The molecule has 0 saturated heterocycles. The highest BCUT2D eigenvalue weighted by molar-refractivity contribution is 5.31. The van der Waals surface area contributed by atoms with E-state index >= 15 is 0 Å². The van der Waals surface area contributed by atoms with Gasteiger partial charge < -0.3 is 4.74 Å². The Morgan fingerprint density at radius 1 is 0.875 bits per heavy atom. The molecule has 2 aromatic carbocycles. The van der Waals surface area contributed by atoms with Crippen molar-refractivity contribution in [2.45, 2.75) is 6.42 Å². The third kappa shape index (κ3) is 2.71. The van der Waals surface area contributed by atoms with E-state index in [1.54, 1.807) is 7.11 Å². The van der Waals surface area contributed by atoms with Gasteiger partial charge in [0.2, 0.25) is 0 Å². The molecule has 1 radical (unpaired) electrons. The van der Waals surface area contributed by atoms with Crippen LogP contribution in [0.3, 0.4) is 0 Å². The van der Waals surface area contributed by atoms with E-state index in [-0.39, 0.29) is 0 Å². The van der Waals surface area contributed by atoms with Crippen LogP contribution in [-0.4, -0.2) is 7.11 Å². The van der Waals surface area contributed by atoms with Crippen LogP contribution in [0.1, 0.15) is 11.1 Å². The van der Waals surface area contributed by atoms with Gasteiger partial charge in [0.05, 0.1) is 0 Å². The normalized spacial score (nSPS) is 10.6. The Morgan fingerprint density at radius 2 is 1.44 bits per heavy atom. The number of hydrogen-bond donors (Lipinski definition) is 0. The maximum absolute atomic E-state index is 5.46. The summed E-state index contributed by atoms with van der Waals surface area (Å²) in [6, 6.07) is 20.6. The molecule has 0 N–H and O–H groups in total. The molecule has 1 heteroatoms. The topological polar surface area (TPSA) is 9.23 Å². The maximum atomic E-state index is 5.46. The Hall–Kier alpha value is -1.60. The monoisotopic (exact) mass is 211 g/mol. The van der Waals surface area contributed by atoms with E-state index < -0.39 is 0 Å². The van der Waals surface area contributed by atoms with Crippen molar-refractivity contribution in [1.82, 2.24) is 0 Å². The Balaban J connectivity index is 2.13. The van der Waals surface area contributed by atoms with Crippen LogP contribution in [0.25, 0.3) is 0 Å². The predicted molar refractivity (Wildman–Crippen MR) is 65.9 cm³/mol. The van der Waals surface area contributed by atoms with Crippen LogP contribution in [0, 0.1) is 6.10 Å². The van der Waals surface area contributed by atoms with E-state index in [1.165, 1.54) is 5.56 Å². The van der Waals surface area contributed by atoms with Gasteiger partial charge in [-0.25, -0.2) is 0 Å². The first-order chi connectivity index (χ1) is 7.90. The van der Waals surface area contributed by atoms with Crippen LogP contribution in [0.2, 0.25) is 0 Å². The highest BCUT2D eigenvalue weighted by Gasteiger charge is 2.11. The maximum Gasteiger partial charge on any atom is 0.130 e. The summed E-state index contributed by atoms with van der Waals surface area (Å²) < 4.78 is 5.46. The van der Waals surface area contributed by atoms with E-state index in [9.17, 15) is 0 Å². The number of methoxy groups -OCH3 is 1. The third-order valence-corrected chi connectivity index (χ3v) is 2.55. The summed E-state index contributed by atoms with van der Waals surface area (Å²) in [6.07, 6.45) is 1.84. The predicted octanol–water partition coefficient (Wildman–Crippen LogP) is 3.46. The lowest BCUT2D eigenvalue weighted by Gasteiger charge is -2.14. The zero-order valence-electron chi connectivity index (χ0n) is 9.39. The van der Waals surface area contributed by atoms with Gasteiger partial charge in [0.1, 0.15) is 6.10 Å². The van der Waals surface area contributed by atoms with Gasteiger partial charge in [-0.3, -0.25) is 0 Å². The van der Waals surface area contributed by atoms with E-state index in [4.69, 9.17) is 4.74 Å². The summed E-state index contributed by atoms with van der Waals surface area (Å²) in [5.74, 6) is 0. The Labute approximate surface area is 96.7 Å². The fourth-order valence-electron chi connectivity index (χ4n) is 1.70. The smallest absolute Gasteiger partial charge is 0.130 e. The molecular weight excluding hydrogens is 196 g/mol. The minimum Gasteiger partial charge on any atom is -0.370 e. The van der Waals surface area contributed by atoms with Gasteiger partial charge in [0.15, 0.2) is 0 Å². The van der Waals surface area contributed by atoms with Gasteiger partial charge in [0.25, 0.3) is 0 Å². The molecule has 0 bridgehead atoms. The zero-order chi connectivity index (χ0) is 11.2. The molecule has 0 fully saturated rings. The van der Waals surface area contributed by atoms with Gasteiger partial charge in [-0.05, 0) is 11.1 Å². The quantitative estimate of drug-likeness (QED) is 0.752. The van der Waals surface area contributed by atoms with Crippen LogP contribution < -0.4 is 0 Å². The largest absolute Gasteiger partial charge is 0.370 e. The van der Waals surface area contributed by atoms with Crippen molar-refractivity contribution in [2.24, 2.45) is 0 Å². The van der Waals surface area contributed by atoms with Crippen molar-refractivity contribution in [1.29, 1.82) is 0 Å². The molecule has 0 heterocycles. The first-order valence-electron chi connectivity index (χ1n) is 5.39. The van der Waals surface area contributed by atoms with Crippen molar-refractivity contribution in [3.63, 3.8) is 0 Å². The average Bonchev–Trinajstić information content (AvgIpc) is 2.38. The molecule has 2 rings (SSSR count). The molecular formula is C15H15O. The minimum absolute atomic E-state index is 0.835. The minimum atomic E-state index is 0.835. The van der Waals surface area contributed by atoms with Gasteiger partial charge in [0, 0.05) is 13.5 Å². The molecule has 0 atom stereocenters. The molecule has 0 spiro atoms. The lowest BCUT2D eigenvalue weighted by molar-refractivity contribution is 0.224. The fraction of sp³-hybridized carbons (Fsp3) is 0.133. The van der Waals surface area contributed by atoms with Crippen molar-refractivity contribution in [3.05, 3.63) is 77.9 Å². The Kier molecular flexibility index (Phi) is 3.73. The standard InChI is InChI=1S/C15H15O/c1-16-15(14-10-6-3-7-11-14)12-13-8-4-2-5-9-13/h2-11H,12H2,1H3. The Morgan fingerprint density at radius 3 is 2.00 bits per heavy atom. The number of benzene rings is 2. The van der Waals surface area contributed by atoms with Crippen LogP contribution in [0.15, 0.2) is 60.7 Å². The summed E-state index contributed by atoms with van der Waals surface area (Å²) in [4.78, 5) is 0. The molecule has 0 aliphatic carbocycles. The second-order valence-electron chi connectivity index (χ2n) is 3.66. The number of ether oxygens (including phenoxy) is 1. The highest BCUT2D eigenvalue weighted by atomic mass is 16.5. The van der Waals surface area contributed by atoms with E-state index in [2.05, 4.69) is 24.3 Å². The van der Waals surface area contributed by atoms with Gasteiger partial charge in [-0.15, -0.1) is 0 Å². The van der Waals surface area contributed by atoms with Gasteiger partial charge in [-0.1, -0.05) is 60.7 Å². The summed E-state index contributed by atoms with van der Waals surface area (Å²) in [7, 11) is 1.73. The summed E-state index contributed by atoms with van der Waals surface area (Å²) in [5, 5.41) is 0. The van der Waals surface area contributed by atoms with Crippen molar-refractivity contribution < 1.29 is 4.74 Å². The molecule has 0 saturated carbocycles. The van der Waals surface area contributed by atoms with Crippen molar-refractivity contribution in [3.8, 4) is 0 Å². The summed E-state index contributed by atoms with van der Waals surface area (Å²) >= 11 is 0. The van der Waals surface area contributed by atoms with E-state index in [1.807, 2.05) is 36.4 Å². The van der Waals surface area contributed by atoms with E-state index in [0.717, 1.165) is 18.1 Å². The first-order valence-corrected chi connectivity index (χ1v) is 5.39. The Bertz CT molecular complexity index is 408. The number of rotatable bonds is 4. The summed E-state index contributed by atoms with van der Waals surface area (Å²) in [5.41, 5.74) is 2.41. The molecule has 0 aliphatic rings. The van der Waals surface area contributed by atoms with Crippen LogP contribution in [0.5, 0.6) is 0 Å². The SMILES string of the molecule is CO[C](Cc1ccccc1)c1ccccc1. The second kappa shape index (κ2) is 5.47. The third-order valence-electron chi connectivity index (χ3n) is 2.55. The molecule has 81 valence electrons. The lowest BCUT2D eigenvalue weighted by atomic mass is 10.0. The van der Waals surface area contributed by atoms with Crippen molar-refractivity contribution in [2.75, 3.05) is 7.11 Å². The molecule has 1 nitrogen and oxygen atoms in total. The summed E-state index contributed by atoms with van der Waals surface area (Å²) in [6.45, 7) is 0. The average molecular weight is 211 g/mol. The highest BCUT2D eigenvalue weighted by Crippen LogP contribution is 2.20. The molecule has 0 unspecified atom stereocenters. The lowest BCUT2D eigenvalue weighted by Crippen LogP contribution is -2.06. The van der Waals surface area contributed by atoms with Crippen LogP contribution in [-0.2, 0) is 11.2 Å². The zero-order valence-corrected chi connectivity index (χ0v) is 9.39.